The molecule has 0 radical (unpaired) electrons. The smallest absolute Gasteiger partial charge is 0.111 e. The number of halogens is 3. The molecule has 0 aliphatic rings. The zero-order chi connectivity index (χ0) is 8.36. The van der Waals surface area contributed by atoms with E-state index in [0.717, 1.165) is 20.5 Å². The Morgan fingerprint density at radius 1 is 1.36 bits per heavy atom. The number of quaternary nitrogens is 1. The number of hydrogen-bond donors (Lipinski definition) is 0. The zero-order valence-electron chi connectivity index (χ0n) is 7.29. The van der Waals surface area contributed by atoms with Crippen LogP contribution in [-0.4, -0.2) is 32.2 Å². The van der Waals surface area contributed by atoms with Crippen LogP contribution in [0.2, 0.25) is 0 Å². The van der Waals surface area contributed by atoms with Gasteiger partial charge in [-0.05, 0) is 22.9 Å². The summed E-state index contributed by atoms with van der Waals surface area (Å²) in [6.07, 6.45) is 0. The average Bonchev–Trinajstić information content (AvgIpc) is 1.60. The third-order valence-electron chi connectivity index (χ3n) is 0.987. The topological polar surface area (TPSA) is 0 Å². The molecule has 11 heavy (non-hydrogen) atoms. The second-order valence-corrected chi connectivity index (χ2v) is 4.91. The zero-order valence-corrected chi connectivity index (χ0v) is 11.2. The van der Waals surface area contributed by atoms with E-state index in [-0.39, 0.29) is 17.0 Å². The van der Waals surface area contributed by atoms with E-state index in [9.17, 15) is 0 Å². The lowest BCUT2D eigenvalue weighted by molar-refractivity contribution is -0.864. The van der Waals surface area contributed by atoms with Crippen molar-refractivity contribution in [1.82, 2.24) is 0 Å². The normalized spacial score (nSPS) is 13.6. The third kappa shape index (κ3) is 8.86. The van der Waals surface area contributed by atoms with Crippen LogP contribution in [0.25, 0.3) is 0 Å². The van der Waals surface area contributed by atoms with Gasteiger partial charge in [0, 0.05) is 5.03 Å². The predicted octanol–water partition coefficient (Wildman–Crippen LogP) is -0.438. The highest BCUT2D eigenvalue weighted by atomic mass is 79.9. The SMILES string of the molecule is C/C(Cl)=C(\Br)C[N+](C)(C)C.[Br-]. The monoisotopic (exact) mass is 305 g/mol. The summed E-state index contributed by atoms with van der Waals surface area (Å²) >= 11 is 9.17. The number of hydrogen-bond acceptors (Lipinski definition) is 0. The van der Waals surface area contributed by atoms with Crippen molar-refractivity contribution >= 4 is 27.5 Å². The van der Waals surface area contributed by atoms with Gasteiger partial charge in [0.1, 0.15) is 6.54 Å². The van der Waals surface area contributed by atoms with Crippen molar-refractivity contribution in [2.24, 2.45) is 0 Å². The Morgan fingerprint density at radius 2 is 1.73 bits per heavy atom. The van der Waals surface area contributed by atoms with Gasteiger partial charge < -0.3 is 21.5 Å². The van der Waals surface area contributed by atoms with Crippen molar-refractivity contribution in [3.05, 3.63) is 9.51 Å². The Labute approximate surface area is 92.9 Å². The molecule has 0 atom stereocenters. The molecule has 0 aliphatic heterocycles. The van der Waals surface area contributed by atoms with Crippen LogP contribution in [0.1, 0.15) is 6.92 Å². The summed E-state index contributed by atoms with van der Waals surface area (Å²) in [6.45, 7) is 2.83. The standard InChI is InChI=1S/C7H14BrClN.BrH/c1-6(9)7(8)5-10(2,3)4;/h5H2,1-4H3;1H/q+1;/p-1/b7-6+;. The van der Waals surface area contributed by atoms with Crippen LogP contribution >= 0.6 is 27.5 Å². The molecule has 0 fully saturated rings. The van der Waals surface area contributed by atoms with Crippen LogP contribution in [0.3, 0.4) is 0 Å². The first-order chi connectivity index (χ1) is 4.33. The molecule has 0 unspecified atom stereocenters. The van der Waals surface area contributed by atoms with Crippen LogP contribution in [-0.2, 0) is 0 Å². The highest BCUT2D eigenvalue weighted by Gasteiger charge is 2.09. The minimum Gasteiger partial charge on any atom is -1.00 e. The quantitative estimate of drug-likeness (QED) is 0.607. The number of rotatable bonds is 2. The Bertz CT molecular complexity index is 145. The molecule has 0 spiro atoms. The van der Waals surface area contributed by atoms with Crippen LogP contribution in [0.4, 0.5) is 0 Å². The number of allylic oxidation sites excluding steroid dienone is 1. The lowest BCUT2D eigenvalue weighted by Crippen LogP contribution is -3.00. The first-order valence-electron chi connectivity index (χ1n) is 3.14. The Morgan fingerprint density at radius 3 is 1.82 bits per heavy atom. The summed E-state index contributed by atoms with van der Waals surface area (Å²) in [5, 5.41) is 0.841. The van der Waals surface area contributed by atoms with Crippen LogP contribution in [0.15, 0.2) is 9.51 Å². The molecule has 0 heterocycles. The summed E-state index contributed by atoms with van der Waals surface area (Å²) in [7, 11) is 6.38. The van der Waals surface area contributed by atoms with Gasteiger partial charge in [-0.3, -0.25) is 0 Å². The maximum absolute atomic E-state index is 5.76. The van der Waals surface area contributed by atoms with E-state index in [4.69, 9.17) is 11.6 Å². The fourth-order valence-corrected chi connectivity index (χ4v) is 1.34. The molecule has 68 valence electrons. The molecule has 0 N–H and O–H groups in total. The second-order valence-electron chi connectivity index (χ2n) is 3.39. The molecular weight excluding hydrogens is 293 g/mol. The van der Waals surface area contributed by atoms with Crippen LogP contribution in [0.5, 0.6) is 0 Å². The third-order valence-corrected chi connectivity index (χ3v) is 2.29. The van der Waals surface area contributed by atoms with E-state index in [1.54, 1.807) is 0 Å². The highest BCUT2D eigenvalue weighted by molar-refractivity contribution is 9.11. The molecule has 4 heteroatoms. The maximum atomic E-state index is 5.76. The first kappa shape index (κ1) is 14.5. The van der Waals surface area contributed by atoms with Gasteiger partial charge in [-0.15, -0.1) is 0 Å². The van der Waals surface area contributed by atoms with Gasteiger partial charge in [0.25, 0.3) is 0 Å². The Hall–Kier alpha value is 0.950. The van der Waals surface area contributed by atoms with Crippen molar-refractivity contribution in [3.63, 3.8) is 0 Å². The Kier molecular flexibility index (Phi) is 7.33. The summed E-state index contributed by atoms with van der Waals surface area (Å²) in [5.74, 6) is 0. The molecule has 0 bridgehead atoms. The van der Waals surface area contributed by atoms with Crippen molar-refractivity contribution in [3.8, 4) is 0 Å². The molecule has 1 nitrogen and oxygen atoms in total. The van der Waals surface area contributed by atoms with Gasteiger partial charge in [0.15, 0.2) is 0 Å². The molecule has 0 saturated heterocycles. The van der Waals surface area contributed by atoms with E-state index < -0.39 is 0 Å². The van der Waals surface area contributed by atoms with Crippen LogP contribution in [0, 0.1) is 0 Å². The fraction of sp³-hybridized carbons (Fsp3) is 0.714. The highest BCUT2D eigenvalue weighted by Crippen LogP contribution is 2.17. The minimum absolute atomic E-state index is 0. The molecule has 0 aromatic heterocycles. The van der Waals surface area contributed by atoms with Gasteiger partial charge in [-0.1, -0.05) is 11.6 Å². The average molecular weight is 307 g/mol. The summed E-state index contributed by atoms with van der Waals surface area (Å²) in [4.78, 5) is 0. The van der Waals surface area contributed by atoms with Crippen molar-refractivity contribution < 1.29 is 21.5 Å². The van der Waals surface area contributed by atoms with Crippen LogP contribution < -0.4 is 17.0 Å². The predicted molar refractivity (Wildman–Crippen MR) is 50.4 cm³/mol. The summed E-state index contributed by atoms with van der Waals surface area (Å²) < 4.78 is 1.98. The largest absolute Gasteiger partial charge is 1.00 e. The van der Waals surface area contributed by atoms with E-state index in [0.29, 0.717) is 0 Å². The summed E-state index contributed by atoms with van der Waals surface area (Å²) in [5.41, 5.74) is 0. The van der Waals surface area contributed by atoms with E-state index in [2.05, 4.69) is 37.1 Å². The van der Waals surface area contributed by atoms with E-state index >= 15 is 0 Å². The van der Waals surface area contributed by atoms with Gasteiger partial charge in [0.2, 0.25) is 0 Å². The van der Waals surface area contributed by atoms with Gasteiger partial charge in [0.05, 0.1) is 25.6 Å². The van der Waals surface area contributed by atoms with Crippen molar-refractivity contribution in [2.45, 2.75) is 6.92 Å². The second kappa shape index (κ2) is 5.57. The van der Waals surface area contributed by atoms with Crippen molar-refractivity contribution in [2.75, 3.05) is 27.7 Å². The van der Waals surface area contributed by atoms with E-state index in [1.165, 1.54) is 0 Å². The minimum atomic E-state index is 0. The van der Waals surface area contributed by atoms with Gasteiger partial charge in [-0.25, -0.2) is 0 Å². The molecular formula is C7H14Br2ClN. The number of nitrogens with zero attached hydrogens (tertiary/aromatic N) is 1. The number of likely N-dealkylation sites (N-methyl/N-ethyl adjacent to an activating group) is 1. The molecule has 0 aromatic carbocycles. The van der Waals surface area contributed by atoms with E-state index in [1.807, 2.05) is 6.92 Å². The molecule has 0 aromatic rings. The summed E-state index contributed by atoms with van der Waals surface area (Å²) in [6, 6.07) is 0. The lowest BCUT2D eigenvalue weighted by Gasteiger charge is -2.23. The molecule has 0 aliphatic carbocycles. The first-order valence-corrected chi connectivity index (χ1v) is 4.31. The van der Waals surface area contributed by atoms with Gasteiger partial charge >= 0.3 is 0 Å². The fourth-order valence-electron chi connectivity index (χ4n) is 0.525. The van der Waals surface area contributed by atoms with Crippen molar-refractivity contribution in [1.29, 1.82) is 0 Å². The lowest BCUT2D eigenvalue weighted by atomic mass is 10.4. The molecule has 0 rings (SSSR count). The molecule has 0 saturated carbocycles. The molecule has 0 amide bonds. The maximum Gasteiger partial charge on any atom is 0.111 e. The Balaban J connectivity index is 0. The van der Waals surface area contributed by atoms with Gasteiger partial charge in [-0.2, -0.15) is 0 Å².